The van der Waals surface area contributed by atoms with Gasteiger partial charge >= 0.3 is 0 Å². The predicted molar refractivity (Wildman–Crippen MR) is 140 cm³/mol. The van der Waals surface area contributed by atoms with Crippen LogP contribution in [0.1, 0.15) is 53.6 Å². The first-order chi connectivity index (χ1) is 16.6. The summed E-state index contributed by atoms with van der Waals surface area (Å²) in [5.41, 5.74) is 3.45. The molecule has 1 aliphatic carbocycles. The molecule has 0 radical (unpaired) electrons. The Morgan fingerprint density at radius 2 is 1.74 bits per heavy atom. The van der Waals surface area contributed by atoms with E-state index in [9.17, 15) is 14.4 Å². The van der Waals surface area contributed by atoms with Crippen LogP contribution in [0.4, 0.5) is 0 Å². The molecule has 5 nitrogen and oxygen atoms in total. The van der Waals surface area contributed by atoms with Gasteiger partial charge in [0.05, 0.1) is 16.9 Å². The van der Waals surface area contributed by atoms with Crippen molar-refractivity contribution >= 4 is 34.5 Å². The molecule has 0 spiro atoms. The maximum Gasteiger partial charge on any atom is 0.265 e. The number of hydrogen-bond donors (Lipinski definition) is 0. The molecule has 35 heavy (non-hydrogen) atoms. The number of carbonyl (C=O) groups excluding carboxylic acids is 2. The van der Waals surface area contributed by atoms with Crippen LogP contribution in [0.25, 0.3) is 27.5 Å². The number of hydrogen-bond acceptors (Lipinski definition) is 5. The molecule has 0 N–H and O–H groups in total. The van der Waals surface area contributed by atoms with Crippen LogP contribution in [0.3, 0.4) is 0 Å². The summed E-state index contributed by atoms with van der Waals surface area (Å²) >= 11 is 7.36. The van der Waals surface area contributed by atoms with Crippen LogP contribution < -0.4 is 5.56 Å². The van der Waals surface area contributed by atoms with Crippen LogP contribution in [-0.2, 0) is 6.42 Å². The monoisotopic (exact) mass is 502 g/mol. The summed E-state index contributed by atoms with van der Waals surface area (Å²) < 4.78 is 1.56. The molecule has 0 amide bonds. The molecule has 0 bridgehead atoms. The standard InChI is InChI=1S/C28H23ClN2O3S/c1-16(32)19-6-4-5-7-23(19)31-24-13-28(2,3)14-25(33)20(24)12-21(27(31)34)26-30-22(15-35-26)17-8-10-18(29)11-9-17/h4-12,15H,13-14H2,1-3H3. The molecule has 0 atom stereocenters. The summed E-state index contributed by atoms with van der Waals surface area (Å²) in [5.74, 6) is -0.159. The summed E-state index contributed by atoms with van der Waals surface area (Å²) in [6.45, 7) is 5.52. The molecule has 176 valence electrons. The minimum atomic E-state index is -0.298. The first kappa shape index (κ1) is 23.4. The van der Waals surface area contributed by atoms with Crippen molar-refractivity contribution in [1.82, 2.24) is 9.55 Å². The Bertz CT molecular complexity index is 1550. The normalized spacial score (nSPS) is 14.6. The fourth-order valence-electron chi connectivity index (χ4n) is 4.64. The van der Waals surface area contributed by atoms with Gasteiger partial charge in [-0.05, 0) is 49.1 Å². The number of benzene rings is 2. The highest BCUT2D eigenvalue weighted by molar-refractivity contribution is 7.13. The van der Waals surface area contributed by atoms with Crippen molar-refractivity contribution in [1.29, 1.82) is 0 Å². The summed E-state index contributed by atoms with van der Waals surface area (Å²) in [4.78, 5) is 44.4. The van der Waals surface area contributed by atoms with E-state index in [0.717, 1.165) is 11.3 Å². The lowest BCUT2D eigenvalue weighted by molar-refractivity contribution is 0.0908. The first-order valence-corrected chi connectivity index (χ1v) is 12.5. The molecule has 0 aliphatic heterocycles. The van der Waals surface area contributed by atoms with E-state index in [1.54, 1.807) is 47.0 Å². The summed E-state index contributed by atoms with van der Waals surface area (Å²) in [7, 11) is 0. The van der Waals surface area contributed by atoms with Gasteiger partial charge in [0.15, 0.2) is 11.6 Å². The van der Waals surface area contributed by atoms with E-state index in [-0.39, 0.29) is 22.5 Å². The van der Waals surface area contributed by atoms with Gasteiger partial charge in [-0.3, -0.25) is 19.0 Å². The molecule has 2 heterocycles. The zero-order valence-corrected chi connectivity index (χ0v) is 21.2. The highest BCUT2D eigenvalue weighted by Gasteiger charge is 2.35. The number of fused-ring (bicyclic) bond motifs is 1. The van der Waals surface area contributed by atoms with Crippen LogP contribution >= 0.6 is 22.9 Å². The van der Waals surface area contributed by atoms with Crippen molar-refractivity contribution in [2.24, 2.45) is 5.41 Å². The van der Waals surface area contributed by atoms with E-state index < -0.39 is 0 Å². The maximum atomic E-state index is 14.0. The average Bonchev–Trinajstić information content (AvgIpc) is 3.28. The lowest BCUT2D eigenvalue weighted by Gasteiger charge is -2.32. The van der Waals surface area contributed by atoms with Gasteiger partial charge in [0, 0.05) is 39.2 Å². The van der Waals surface area contributed by atoms with E-state index in [4.69, 9.17) is 16.6 Å². The van der Waals surface area contributed by atoms with Crippen molar-refractivity contribution in [2.45, 2.75) is 33.6 Å². The number of halogens is 1. The molecule has 7 heteroatoms. The average molecular weight is 503 g/mol. The zero-order valence-electron chi connectivity index (χ0n) is 19.6. The lowest BCUT2D eigenvalue weighted by Crippen LogP contribution is -2.35. The highest BCUT2D eigenvalue weighted by atomic mass is 35.5. The van der Waals surface area contributed by atoms with Crippen molar-refractivity contribution in [3.63, 3.8) is 0 Å². The van der Waals surface area contributed by atoms with Crippen LogP contribution in [0, 0.1) is 5.41 Å². The molecule has 0 fully saturated rings. The van der Waals surface area contributed by atoms with Crippen molar-refractivity contribution < 1.29 is 9.59 Å². The summed E-state index contributed by atoms with van der Waals surface area (Å²) in [6, 6.07) is 16.1. The minimum Gasteiger partial charge on any atom is -0.294 e. The largest absolute Gasteiger partial charge is 0.294 e. The van der Waals surface area contributed by atoms with E-state index >= 15 is 0 Å². The van der Waals surface area contributed by atoms with E-state index in [0.29, 0.717) is 50.9 Å². The number of carbonyl (C=O) groups is 2. The number of pyridine rings is 1. The van der Waals surface area contributed by atoms with Gasteiger partial charge in [0.1, 0.15) is 5.01 Å². The van der Waals surface area contributed by atoms with Gasteiger partial charge in [-0.1, -0.05) is 49.7 Å². The number of nitrogens with zero attached hydrogens (tertiary/aromatic N) is 2. The smallest absolute Gasteiger partial charge is 0.265 e. The second kappa shape index (κ2) is 8.70. The zero-order chi connectivity index (χ0) is 24.9. The van der Waals surface area contributed by atoms with E-state index in [1.807, 2.05) is 31.4 Å². The summed E-state index contributed by atoms with van der Waals surface area (Å²) in [6.07, 6.45) is 0.934. The number of para-hydroxylation sites is 1. The maximum absolute atomic E-state index is 14.0. The molecule has 0 saturated carbocycles. The third-order valence-electron chi connectivity index (χ3n) is 6.29. The highest BCUT2D eigenvalue weighted by Crippen LogP contribution is 2.37. The lowest BCUT2D eigenvalue weighted by atomic mass is 9.75. The number of thiazole rings is 1. The Labute approximate surface area is 212 Å². The molecule has 5 rings (SSSR count). The van der Waals surface area contributed by atoms with Crippen molar-refractivity contribution in [2.75, 3.05) is 0 Å². The van der Waals surface area contributed by atoms with E-state index in [2.05, 4.69) is 0 Å². The fraction of sp³-hybridized carbons (Fsp3) is 0.214. The Kier molecular flexibility index (Phi) is 5.82. The molecule has 0 unspecified atom stereocenters. The second-order valence-corrected chi connectivity index (χ2v) is 10.9. The molecule has 1 aliphatic rings. The van der Waals surface area contributed by atoms with Crippen molar-refractivity contribution in [3.8, 4) is 27.5 Å². The van der Waals surface area contributed by atoms with Gasteiger partial charge in [-0.15, -0.1) is 11.3 Å². The SMILES string of the molecule is CC(=O)c1ccccc1-n1c2c(cc(-c3nc(-c4ccc(Cl)cc4)cs3)c1=O)C(=O)CC(C)(C)C2. The van der Waals surface area contributed by atoms with Crippen LogP contribution in [0.2, 0.25) is 5.02 Å². The Hall–Kier alpha value is -3.35. The second-order valence-electron chi connectivity index (χ2n) is 9.62. The molecule has 2 aromatic heterocycles. The summed E-state index contributed by atoms with van der Waals surface area (Å²) in [5, 5.41) is 3.04. The number of aromatic nitrogens is 2. The van der Waals surface area contributed by atoms with E-state index in [1.165, 1.54) is 18.3 Å². The van der Waals surface area contributed by atoms with Crippen LogP contribution in [0.5, 0.6) is 0 Å². The fourth-order valence-corrected chi connectivity index (χ4v) is 5.60. The molecule has 2 aromatic carbocycles. The molecular weight excluding hydrogens is 480 g/mol. The minimum absolute atomic E-state index is 0.0129. The Morgan fingerprint density at radius 1 is 1.03 bits per heavy atom. The number of rotatable bonds is 4. The molecular formula is C28H23ClN2O3S. The third kappa shape index (κ3) is 4.28. The van der Waals surface area contributed by atoms with Gasteiger partial charge in [-0.2, -0.15) is 0 Å². The Morgan fingerprint density at radius 3 is 2.46 bits per heavy atom. The van der Waals surface area contributed by atoms with Crippen LogP contribution in [-0.4, -0.2) is 21.1 Å². The first-order valence-electron chi connectivity index (χ1n) is 11.3. The van der Waals surface area contributed by atoms with Gasteiger partial charge in [-0.25, -0.2) is 4.98 Å². The van der Waals surface area contributed by atoms with Gasteiger partial charge in [0.25, 0.3) is 5.56 Å². The molecule has 4 aromatic rings. The quantitative estimate of drug-likeness (QED) is 0.293. The third-order valence-corrected chi connectivity index (χ3v) is 7.41. The van der Waals surface area contributed by atoms with Gasteiger partial charge in [0.2, 0.25) is 0 Å². The Balaban J connectivity index is 1.77. The topological polar surface area (TPSA) is 69.0 Å². The predicted octanol–water partition coefficient (Wildman–Crippen LogP) is 6.64. The van der Waals surface area contributed by atoms with Gasteiger partial charge < -0.3 is 0 Å². The number of Topliss-reactive ketones (excluding diaryl/α,β-unsaturated/α-hetero) is 2. The molecule has 0 saturated heterocycles. The van der Waals surface area contributed by atoms with Crippen LogP contribution in [0.15, 0.2) is 64.8 Å². The number of ketones is 2. The van der Waals surface area contributed by atoms with Crippen molar-refractivity contribution in [3.05, 3.63) is 92.2 Å².